The van der Waals surface area contributed by atoms with Crippen molar-refractivity contribution in [1.82, 2.24) is 5.32 Å². The van der Waals surface area contributed by atoms with Crippen LogP contribution in [-0.2, 0) is 6.54 Å². The number of amides is 1. The molecule has 4 heteroatoms. The molecule has 0 atom stereocenters. The van der Waals surface area contributed by atoms with Gasteiger partial charge in [-0.2, -0.15) is 0 Å². The number of carbonyl (C=O) groups is 1. The van der Waals surface area contributed by atoms with E-state index in [2.05, 4.69) is 31.0 Å². The van der Waals surface area contributed by atoms with E-state index in [0.29, 0.717) is 18.7 Å². The van der Waals surface area contributed by atoms with Gasteiger partial charge in [0.25, 0.3) is 5.91 Å². The molecule has 0 heterocycles. The minimum absolute atomic E-state index is 0.0822. The number of phenols is 1. The van der Waals surface area contributed by atoms with Crippen LogP contribution in [0.5, 0.6) is 11.5 Å². The third-order valence-corrected chi connectivity index (χ3v) is 4.97. The number of nitrogens with one attached hydrogen (secondary N) is 1. The minimum Gasteiger partial charge on any atom is -0.508 e. The molecule has 2 aromatic carbocycles. The minimum atomic E-state index is -0.208. The summed E-state index contributed by atoms with van der Waals surface area (Å²) in [7, 11) is 0. The molecule has 2 rings (SSSR count). The van der Waals surface area contributed by atoms with Crippen molar-refractivity contribution in [2.24, 2.45) is 0 Å². The van der Waals surface area contributed by atoms with Gasteiger partial charge in [-0.25, -0.2) is 0 Å². The number of aromatic hydroxyl groups is 1. The van der Waals surface area contributed by atoms with E-state index in [1.54, 1.807) is 12.1 Å². The first-order valence-corrected chi connectivity index (χ1v) is 10.7. The lowest BCUT2D eigenvalue weighted by Crippen LogP contribution is -2.23. The van der Waals surface area contributed by atoms with Gasteiger partial charge in [0.05, 0.1) is 0 Å². The molecule has 0 saturated carbocycles. The second-order valence-corrected chi connectivity index (χ2v) is 7.68. The maximum Gasteiger partial charge on any atom is 0.251 e. The molecular weight excluding hydrogens is 386 g/mol. The summed E-state index contributed by atoms with van der Waals surface area (Å²) in [6.45, 7) is 10.9. The van der Waals surface area contributed by atoms with Gasteiger partial charge in [-0.3, -0.25) is 4.79 Å². The van der Waals surface area contributed by atoms with Gasteiger partial charge < -0.3 is 15.2 Å². The molecule has 0 unspecified atom stereocenters. The summed E-state index contributed by atoms with van der Waals surface area (Å²) in [6.07, 6.45) is 9.50. The molecule has 0 aliphatic carbocycles. The Labute approximate surface area is 186 Å². The zero-order valence-electron chi connectivity index (χ0n) is 18.8. The molecule has 164 valence electrons. The molecule has 4 nitrogen and oxygen atoms in total. The Hall–Kier alpha value is -3.27. The lowest BCUT2D eigenvalue weighted by Gasteiger charge is -2.10. The van der Waals surface area contributed by atoms with Crippen molar-refractivity contribution in [3.05, 3.63) is 95.1 Å². The molecule has 0 spiro atoms. The molecule has 2 N–H and O–H groups in total. The van der Waals surface area contributed by atoms with Crippen LogP contribution in [0.3, 0.4) is 0 Å². The van der Waals surface area contributed by atoms with Gasteiger partial charge >= 0.3 is 0 Å². The molecule has 31 heavy (non-hydrogen) atoms. The summed E-state index contributed by atoms with van der Waals surface area (Å²) in [5.41, 5.74) is 4.65. The first-order valence-electron chi connectivity index (χ1n) is 10.7. The van der Waals surface area contributed by atoms with Crippen LogP contribution in [0.4, 0.5) is 0 Å². The second kappa shape index (κ2) is 12.4. The molecule has 0 saturated heterocycles. The number of hydrogen-bond donors (Lipinski definition) is 2. The summed E-state index contributed by atoms with van der Waals surface area (Å²) < 4.78 is 5.86. The Morgan fingerprint density at radius 2 is 1.90 bits per heavy atom. The first kappa shape index (κ1) is 24.0. The zero-order valence-corrected chi connectivity index (χ0v) is 18.8. The Kier molecular flexibility index (Phi) is 9.63. The highest BCUT2D eigenvalue weighted by atomic mass is 16.5. The lowest BCUT2D eigenvalue weighted by atomic mass is 10.1. The van der Waals surface area contributed by atoms with Crippen molar-refractivity contribution in [3.8, 4) is 11.5 Å². The Balaban J connectivity index is 1.85. The first-order chi connectivity index (χ1) is 14.9. The molecule has 0 fully saturated rings. The van der Waals surface area contributed by atoms with Crippen LogP contribution in [0.15, 0.2) is 78.4 Å². The number of ether oxygens (including phenoxy) is 1. The fourth-order valence-corrected chi connectivity index (χ4v) is 2.96. The summed E-state index contributed by atoms with van der Waals surface area (Å²) in [6, 6.07) is 12.5. The maximum absolute atomic E-state index is 12.4. The molecule has 0 bridgehead atoms. The SMILES string of the molecule is C=C/C(=C\C=C(/C)COc1ccc(CNC(=O)c2cc(O)ccc2C)cc1)CCCC. The molecular formula is C27H33NO3. The van der Waals surface area contributed by atoms with E-state index in [4.69, 9.17) is 4.74 Å². The number of aryl methyl sites for hydroxylation is 1. The Morgan fingerprint density at radius 1 is 1.16 bits per heavy atom. The molecule has 0 aromatic heterocycles. The van der Waals surface area contributed by atoms with Crippen LogP contribution in [-0.4, -0.2) is 17.6 Å². The molecule has 0 radical (unpaired) electrons. The van der Waals surface area contributed by atoms with Gasteiger partial charge in [0.15, 0.2) is 0 Å². The predicted octanol–water partition coefficient (Wildman–Crippen LogP) is 6.26. The Morgan fingerprint density at radius 3 is 2.58 bits per heavy atom. The van der Waals surface area contributed by atoms with Gasteiger partial charge in [-0.15, -0.1) is 0 Å². The fraction of sp³-hybridized carbons (Fsp3) is 0.296. The van der Waals surface area contributed by atoms with Crippen molar-refractivity contribution >= 4 is 5.91 Å². The van der Waals surface area contributed by atoms with E-state index in [1.165, 1.54) is 24.5 Å². The number of unbranched alkanes of at least 4 members (excludes halogenated alkanes) is 1. The smallest absolute Gasteiger partial charge is 0.251 e. The highest BCUT2D eigenvalue weighted by Gasteiger charge is 2.09. The van der Waals surface area contributed by atoms with Crippen LogP contribution in [0.1, 0.15) is 54.6 Å². The summed E-state index contributed by atoms with van der Waals surface area (Å²) in [5, 5.41) is 12.5. The van der Waals surface area contributed by atoms with Crippen LogP contribution < -0.4 is 10.1 Å². The van der Waals surface area contributed by atoms with E-state index in [0.717, 1.165) is 28.9 Å². The largest absolute Gasteiger partial charge is 0.508 e. The van der Waals surface area contributed by atoms with Crippen LogP contribution in [0.25, 0.3) is 0 Å². The number of hydrogen-bond acceptors (Lipinski definition) is 3. The van der Waals surface area contributed by atoms with Crippen molar-refractivity contribution in [2.75, 3.05) is 6.61 Å². The number of rotatable bonds is 11. The van der Waals surface area contributed by atoms with Crippen molar-refractivity contribution < 1.29 is 14.6 Å². The average molecular weight is 420 g/mol. The predicted molar refractivity (Wildman–Crippen MR) is 128 cm³/mol. The third-order valence-electron chi connectivity index (χ3n) is 4.97. The second-order valence-electron chi connectivity index (χ2n) is 7.68. The highest BCUT2D eigenvalue weighted by molar-refractivity contribution is 5.95. The summed E-state index contributed by atoms with van der Waals surface area (Å²) >= 11 is 0. The summed E-state index contributed by atoms with van der Waals surface area (Å²) in [4.78, 5) is 12.4. The van der Waals surface area contributed by atoms with Gasteiger partial charge in [-0.05, 0) is 73.2 Å². The summed E-state index contributed by atoms with van der Waals surface area (Å²) in [5.74, 6) is 0.657. The van der Waals surface area contributed by atoms with E-state index < -0.39 is 0 Å². The number of carbonyl (C=O) groups excluding carboxylic acids is 1. The van der Waals surface area contributed by atoms with Crippen molar-refractivity contribution in [3.63, 3.8) is 0 Å². The lowest BCUT2D eigenvalue weighted by molar-refractivity contribution is 0.0950. The van der Waals surface area contributed by atoms with E-state index in [-0.39, 0.29) is 11.7 Å². The van der Waals surface area contributed by atoms with E-state index in [9.17, 15) is 9.90 Å². The molecule has 0 aliphatic heterocycles. The van der Waals surface area contributed by atoms with Gasteiger partial charge in [-0.1, -0.05) is 56.4 Å². The number of benzene rings is 2. The number of allylic oxidation sites excluding steroid dienone is 4. The normalized spacial score (nSPS) is 11.8. The van der Waals surface area contributed by atoms with E-state index >= 15 is 0 Å². The zero-order chi connectivity index (χ0) is 22.6. The van der Waals surface area contributed by atoms with Crippen LogP contribution in [0.2, 0.25) is 0 Å². The standard InChI is InChI=1S/C27H33NO3/c1-5-7-8-22(6-2)11-9-20(3)19-31-25-15-12-23(13-16-25)18-28-27(30)26-17-24(29)14-10-21(26)4/h6,9-17,29H,2,5,7-8,18-19H2,1,3-4H3,(H,28,30)/b20-9+,22-11+. The maximum atomic E-state index is 12.4. The topological polar surface area (TPSA) is 58.6 Å². The third kappa shape index (κ3) is 8.17. The van der Waals surface area contributed by atoms with Gasteiger partial charge in [0.1, 0.15) is 18.1 Å². The van der Waals surface area contributed by atoms with Crippen molar-refractivity contribution in [1.29, 1.82) is 0 Å². The van der Waals surface area contributed by atoms with Crippen LogP contribution in [0, 0.1) is 6.92 Å². The van der Waals surface area contributed by atoms with E-state index in [1.807, 2.05) is 44.2 Å². The van der Waals surface area contributed by atoms with Gasteiger partial charge in [0.2, 0.25) is 0 Å². The Bertz CT molecular complexity index is 939. The monoisotopic (exact) mass is 419 g/mol. The molecule has 0 aliphatic rings. The number of phenolic OH excluding ortho intramolecular Hbond substituents is 1. The van der Waals surface area contributed by atoms with Crippen molar-refractivity contribution in [2.45, 2.75) is 46.6 Å². The quantitative estimate of drug-likeness (QED) is 0.423. The highest BCUT2D eigenvalue weighted by Crippen LogP contribution is 2.17. The average Bonchev–Trinajstić information content (AvgIpc) is 2.78. The van der Waals surface area contributed by atoms with Crippen LogP contribution >= 0.6 is 0 Å². The molecule has 1 amide bonds. The fourth-order valence-electron chi connectivity index (χ4n) is 2.96. The van der Waals surface area contributed by atoms with Gasteiger partial charge in [0, 0.05) is 12.1 Å². The molecule has 2 aromatic rings.